The van der Waals surface area contributed by atoms with Gasteiger partial charge in [0.15, 0.2) is 0 Å². The maximum atomic E-state index is 12.2. The van der Waals surface area contributed by atoms with Crippen molar-refractivity contribution >= 4 is 50.4 Å². The Hall–Kier alpha value is -2.27. The van der Waals surface area contributed by atoms with Crippen LogP contribution in [0.5, 0.6) is 0 Å². The monoisotopic (exact) mass is 438 g/mol. The lowest BCUT2D eigenvalue weighted by Gasteiger charge is -2.10. The van der Waals surface area contributed by atoms with E-state index in [9.17, 15) is 8.42 Å². The van der Waals surface area contributed by atoms with Crippen LogP contribution in [0.15, 0.2) is 40.7 Å². The predicted octanol–water partition coefficient (Wildman–Crippen LogP) is 3.34. The van der Waals surface area contributed by atoms with Crippen LogP contribution in [-0.4, -0.2) is 36.5 Å². The Labute approximate surface area is 172 Å². The third-order valence-electron chi connectivity index (χ3n) is 3.55. The molecule has 0 saturated heterocycles. The molecule has 0 unspecified atom stereocenters. The Kier molecular flexibility index (Phi) is 6.45. The summed E-state index contributed by atoms with van der Waals surface area (Å²) in [6.45, 7) is 4.32. The topological polar surface area (TPSA) is 109 Å². The molecule has 0 spiro atoms. The van der Waals surface area contributed by atoms with Crippen LogP contribution in [0.4, 0.5) is 17.5 Å². The van der Waals surface area contributed by atoms with Crippen molar-refractivity contribution in [3.8, 4) is 0 Å². The van der Waals surface area contributed by atoms with E-state index in [1.807, 2.05) is 19.1 Å². The second kappa shape index (κ2) is 8.82. The molecule has 0 amide bonds. The van der Waals surface area contributed by atoms with Crippen LogP contribution >= 0.6 is 22.9 Å². The van der Waals surface area contributed by atoms with E-state index in [0.29, 0.717) is 34.2 Å². The smallest absolute Gasteiger partial charge is 0.250 e. The van der Waals surface area contributed by atoms with Gasteiger partial charge in [0.25, 0.3) is 0 Å². The molecule has 3 heterocycles. The van der Waals surface area contributed by atoms with Crippen LogP contribution in [-0.2, 0) is 10.0 Å². The van der Waals surface area contributed by atoms with Gasteiger partial charge in [-0.05, 0) is 43.7 Å². The molecule has 0 bridgehead atoms. The van der Waals surface area contributed by atoms with E-state index in [0.717, 1.165) is 16.9 Å². The maximum absolute atomic E-state index is 12.2. The fraction of sp³-hybridized carbons (Fsp3) is 0.235. The van der Waals surface area contributed by atoms with E-state index in [1.165, 1.54) is 6.07 Å². The summed E-state index contributed by atoms with van der Waals surface area (Å²) in [5, 5.41) is 6.23. The van der Waals surface area contributed by atoms with E-state index in [1.54, 1.807) is 25.3 Å². The van der Waals surface area contributed by atoms with Crippen molar-refractivity contribution in [1.29, 1.82) is 0 Å². The second-order valence-electron chi connectivity index (χ2n) is 5.91. The summed E-state index contributed by atoms with van der Waals surface area (Å²) >= 11 is 6.81. The van der Waals surface area contributed by atoms with Gasteiger partial charge in [-0.1, -0.05) is 11.6 Å². The zero-order valence-electron chi connectivity index (χ0n) is 15.2. The molecule has 3 rings (SSSR count). The summed E-state index contributed by atoms with van der Waals surface area (Å²) in [6.07, 6.45) is 1.72. The molecule has 0 aliphatic rings. The molecule has 11 heteroatoms. The largest absolute Gasteiger partial charge is 0.369 e. The summed E-state index contributed by atoms with van der Waals surface area (Å²) < 4.78 is 27.5. The molecule has 3 N–H and O–H groups in total. The molecular weight excluding hydrogens is 420 g/mol. The first-order chi connectivity index (χ1) is 13.3. The number of aryl methyl sites for hydroxylation is 2. The lowest BCUT2D eigenvalue weighted by Crippen LogP contribution is -2.28. The molecule has 148 valence electrons. The highest BCUT2D eigenvalue weighted by Gasteiger charge is 2.15. The van der Waals surface area contributed by atoms with Crippen LogP contribution < -0.4 is 15.4 Å². The quantitative estimate of drug-likeness (QED) is 0.463. The van der Waals surface area contributed by atoms with Crippen LogP contribution in [0.2, 0.25) is 4.34 Å². The van der Waals surface area contributed by atoms with Crippen molar-refractivity contribution in [3.05, 3.63) is 52.3 Å². The molecule has 3 aromatic heterocycles. The zero-order chi connectivity index (χ0) is 20.1. The molecular formula is C17H19ClN6O2S2. The molecule has 0 saturated carbocycles. The number of sulfonamides is 1. The van der Waals surface area contributed by atoms with Gasteiger partial charge < -0.3 is 10.6 Å². The lowest BCUT2D eigenvalue weighted by molar-refractivity contribution is 0.585. The Bertz CT molecular complexity index is 1070. The second-order valence-corrected chi connectivity index (χ2v) is 9.62. The number of nitrogens with zero attached hydrogens (tertiary/aromatic N) is 3. The van der Waals surface area contributed by atoms with E-state index in [4.69, 9.17) is 11.6 Å². The fourth-order valence-corrected chi connectivity index (χ4v) is 4.91. The molecule has 0 atom stereocenters. The van der Waals surface area contributed by atoms with Gasteiger partial charge in [0.05, 0.1) is 4.34 Å². The summed E-state index contributed by atoms with van der Waals surface area (Å²) in [4.78, 5) is 12.9. The highest BCUT2D eigenvalue weighted by Crippen LogP contribution is 2.25. The molecule has 0 fully saturated rings. The molecule has 0 aliphatic carbocycles. The van der Waals surface area contributed by atoms with Crippen LogP contribution in [0.1, 0.15) is 11.4 Å². The maximum Gasteiger partial charge on any atom is 0.250 e. The SMILES string of the molecule is Cc1ccnc(Nc2cc(NCCNS(=O)(=O)c3ccc(Cl)s3)nc(C)n2)c1. The minimum Gasteiger partial charge on any atom is -0.369 e. The van der Waals surface area contributed by atoms with Gasteiger partial charge in [0.1, 0.15) is 27.5 Å². The van der Waals surface area contributed by atoms with Gasteiger partial charge in [-0.2, -0.15) is 0 Å². The number of anilines is 3. The first kappa shape index (κ1) is 20.5. The summed E-state index contributed by atoms with van der Waals surface area (Å²) in [5.74, 6) is 2.45. The van der Waals surface area contributed by atoms with Crippen LogP contribution in [0, 0.1) is 13.8 Å². The number of nitrogens with one attached hydrogen (secondary N) is 3. The van der Waals surface area contributed by atoms with Crippen LogP contribution in [0.25, 0.3) is 0 Å². The van der Waals surface area contributed by atoms with E-state index < -0.39 is 10.0 Å². The number of thiophene rings is 1. The lowest BCUT2D eigenvalue weighted by atomic mass is 10.3. The van der Waals surface area contributed by atoms with E-state index >= 15 is 0 Å². The number of hydrogen-bond donors (Lipinski definition) is 3. The standard InChI is InChI=1S/C17H19ClN6O2S2/c1-11-5-6-19-14(9-11)24-16-10-15(22-12(2)23-16)20-7-8-21-28(25,26)17-4-3-13(18)27-17/h3-6,9-10,21H,7-8H2,1-2H3,(H2,19,20,22,23,24). The average Bonchev–Trinajstić information content (AvgIpc) is 3.06. The van der Waals surface area contributed by atoms with Gasteiger partial charge in [-0.25, -0.2) is 28.1 Å². The number of rotatable bonds is 8. The molecule has 28 heavy (non-hydrogen) atoms. The van der Waals surface area contributed by atoms with Gasteiger partial charge in [0.2, 0.25) is 10.0 Å². The molecule has 0 aromatic carbocycles. The van der Waals surface area contributed by atoms with Crippen molar-refractivity contribution < 1.29 is 8.42 Å². The molecule has 8 nitrogen and oxygen atoms in total. The fourth-order valence-electron chi connectivity index (χ4n) is 2.35. The minimum atomic E-state index is -3.56. The average molecular weight is 439 g/mol. The third kappa shape index (κ3) is 5.61. The van der Waals surface area contributed by atoms with Gasteiger partial charge in [-0.3, -0.25) is 0 Å². The van der Waals surface area contributed by atoms with Crippen molar-refractivity contribution in [2.75, 3.05) is 23.7 Å². The number of aromatic nitrogens is 3. The normalized spacial score (nSPS) is 11.4. The third-order valence-corrected chi connectivity index (χ3v) is 6.73. The van der Waals surface area contributed by atoms with E-state index in [-0.39, 0.29) is 10.8 Å². The number of halogens is 1. The number of hydrogen-bond acceptors (Lipinski definition) is 8. The van der Waals surface area contributed by atoms with Gasteiger partial charge in [0, 0.05) is 25.4 Å². The summed E-state index contributed by atoms with van der Waals surface area (Å²) in [5.41, 5.74) is 1.08. The summed E-state index contributed by atoms with van der Waals surface area (Å²) in [7, 11) is -3.56. The molecule has 3 aromatic rings. The van der Waals surface area contributed by atoms with Crippen molar-refractivity contribution in [2.45, 2.75) is 18.1 Å². The highest BCUT2D eigenvalue weighted by atomic mass is 35.5. The zero-order valence-corrected chi connectivity index (χ0v) is 17.6. The molecule has 0 radical (unpaired) electrons. The Morgan fingerprint density at radius 2 is 1.82 bits per heavy atom. The first-order valence-corrected chi connectivity index (χ1v) is 11.0. The van der Waals surface area contributed by atoms with Crippen molar-refractivity contribution in [3.63, 3.8) is 0 Å². The Balaban J connectivity index is 1.58. The van der Waals surface area contributed by atoms with Gasteiger partial charge >= 0.3 is 0 Å². The minimum absolute atomic E-state index is 0.188. The molecule has 0 aliphatic heterocycles. The predicted molar refractivity (Wildman–Crippen MR) is 112 cm³/mol. The number of pyridine rings is 1. The Morgan fingerprint density at radius 1 is 1.04 bits per heavy atom. The van der Waals surface area contributed by atoms with Crippen molar-refractivity contribution in [2.24, 2.45) is 0 Å². The highest BCUT2D eigenvalue weighted by molar-refractivity contribution is 7.91. The first-order valence-electron chi connectivity index (χ1n) is 8.36. The van der Waals surface area contributed by atoms with Crippen molar-refractivity contribution in [1.82, 2.24) is 19.7 Å². The van der Waals surface area contributed by atoms with E-state index in [2.05, 4.69) is 30.3 Å². The van der Waals surface area contributed by atoms with Crippen LogP contribution in [0.3, 0.4) is 0 Å². The Morgan fingerprint density at radius 3 is 2.54 bits per heavy atom. The van der Waals surface area contributed by atoms with Gasteiger partial charge in [-0.15, -0.1) is 11.3 Å². The summed E-state index contributed by atoms with van der Waals surface area (Å²) in [6, 6.07) is 8.60.